The summed E-state index contributed by atoms with van der Waals surface area (Å²) in [7, 11) is 0. The summed E-state index contributed by atoms with van der Waals surface area (Å²) >= 11 is 0. The topological polar surface area (TPSA) is 18.5 Å². The summed E-state index contributed by atoms with van der Waals surface area (Å²) in [5.41, 5.74) is 3.35. The van der Waals surface area contributed by atoms with Crippen LogP contribution in [-0.4, -0.2) is 11.9 Å². The summed E-state index contributed by atoms with van der Waals surface area (Å²) < 4.78 is 12.8. The number of benzene rings is 2. The van der Waals surface area contributed by atoms with E-state index in [0.29, 0.717) is 0 Å². The van der Waals surface area contributed by atoms with Gasteiger partial charge in [0.05, 0.1) is 6.10 Å². The maximum Gasteiger partial charge on any atom is 0.165 e. The Morgan fingerprint density at radius 2 is 1.67 bits per heavy atom. The minimum absolute atomic E-state index is 0.0739. The van der Waals surface area contributed by atoms with Gasteiger partial charge in [0.15, 0.2) is 5.79 Å². The molecule has 2 nitrogen and oxygen atoms in total. The third kappa shape index (κ3) is 1.86. The number of fused-ring (bicyclic) bond motifs is 3. The van der Waals surface area contributed by atoms with Crippen LogP contribution in [0.2, 0.25) is 0 Å². The lowest BCUT2D eigenvalue weighted by molar-refractivity contribution is -0.157. The standard InChI is InChI=1S/C19H20O2/c1-18(2)20-17-13-12-14-8-6-7-11-16(14)19(17,21-18)15-9-4-3-5-10-15/h3-11,17H,12-13H2,1-2H3/t17-,19+/m0/s1. The van der Waals surface area contributed by atoms with E-state index in [4.69, 9.17) is 9.47 Å². The van der Waals surface area contributed by atoms with Crippen LogP contribution in [0.25, 0.3) is 0 Å². The van der Waals surface area contributed by atoms with Crippen LogP contribution in [0.15, 0.2) is 54.6 Å². The van der Waals surface area contributed by atoms with Gasteiger partial charge in [-0.1, -0.05) is 54.6 Å². The molecule has 1 heterocycles. The normalized spacial score (nSPS) is 29.7. The average Bonchev–Trinajstić information content (AvgIpc) is 2.80. The smallest absolute Gasteiger partial charge is 0.165 e. The number of hydrogen-bond acceptors (Lipinski definition) is 2. The molecule has 0 bridgehead atoms. The lowest BCUT2D eigenvalue weighted by Crippen LogP contribution is -2.42. The van der Waals surface area contributed by atoms with Crippen molar-refractivity contribution in [1.29, 1.82) is 0 Å². The fraction of sp³-hybridized carbons (Fsp3) is 0.368. The first-order valence-electron chi connectivity index (χ1n) is 7.64. The van der Waals surface area contributed by atoms with Gasteiger partial charge in [0, 0.05) is 0 Å². The van der Waals surface area contributed by atoms with Crippen molar-refractivity contribution < 1.29 is 9.47 Å². The van der Waals surface area contributed by atoms with Crippen molar-refractivity contribution in [3.63, 3.8) is 0 Å². The molecule has 1 aliphatic carbocycles. The Kier molecular flexibility index (Phi) is 2.75. The van der Waals surface area contributed by atoms with E-state index in [1.54, 1.807) is 0 Å². The van der Waals surface area contributed by atoms with Crippen molar-refractivity contribution in [2.24, 2.45) is 0 Å². The van der Waals surface area contributed by atoms with E-state index in [1.165, 1.54) is 16.7 Å². The molecular weight excluding hydrogens is 260 g/mol. The first-order chi connectivity index (χ1) is 10.1. The molecule has 0 saturated carbocycles. The van der Waals surface area contributed by atoms with E-state index >= 15 is 0 Å². The van der Waals surface area contributed by atoms with Crippen molar-refractivity contribution in [2.75, 3.05) is 0 Å². The molecule has 4 rings (SSSR count). The Labute approximate surface area is 125 Å². The molecule has 0 spiro atoms. The first kappa shape index (κ1) is 13.1. The SMILES string of the molecule is CC1(C)O[C@H]2CCc3ccccc3[C@@]2(c2ccccc2)O1. The predicted molar refractivity (Wildman–Crippen MR) is 82.0 cm³/mol. The van der Waals surface area contributed by atoms with Crippen LogP contribution in [0.1, 0.15) is 37.0 Å². The molecule has 2 heteroatoms. The third-order valence-corrected chi connectivity index (χ3v) is 4.58. The van der Waals surface area contributed by atoms with Gasteiger partial charge in [0.2, 0.25) is 0 Å². The van der Waals surface area contributed by atoms with Gasteiger partial charge >= 0.3 is 0 Å². The second-order valence-electron chi connectivity index (χ2n) is 6.41. The summed E-state index contributed by atoms with van der Waals surface area (Å²) in [5, 5.41) is 0. The largest absolute Gasteiger partial charge is 0.343 e. The Bertz CT molecular complexity index is 662. The van der Waals surface area contributed by atoms with E-state index in [9.17, 15) is 0 Å². The molecule has 0 aromatic heterocycles. The highest BCUT2D eigenvalue weighted by molar-refractivity contribution is 5.46. The third-order valence-electron chi connectivity index (χ3n) is 4.58. The lowest BCUT2D eigenvalue weighted by Gasteiger charge is -2.39. The first-order valence-corrected chi connectivity index (χ1v) is 7.64. The Morgan fingerprint density at radius 3 is 2.48 bits per heavy atom. The fourth-order valence-corrected chi connectivity index (χ4v) is 3.87. The quantitative estimate of drug-likeness (QED) is 0.785. The molecule has 1 aliphatic heterocycles. The molecule has 1 fully saturated rings. The van der Waals surface area contributed by atoms with Gasteiger partial charge in [-0.15, -0.1) is 0 Å². The van der Waals surface area contributed by atoms with Crippen LogP contribution in [0.5, 0.6) is 0 Å². The Balaban J connectivity index is 1.98. The molecule has 2 aliphatic rings. The van der Waals surface area contributed by atoms with E-state index < -0.39 is 11.4 Å². The molecule has 2 aromatic carbocycles. The molecule has 2 aromatic rings. The van der Waals surface area contributed by atoms with Crippen LogP contribution in [0.3, 0.4) is 0 Å². The zero-order valence-electron chi connectivity index (χ0n) is 12.5. The predicted octanol–water partition coefficient (Wildman–Crippen LogP) is 4.03. The highest BCUT2D eigenvalue weighted by atomic mass is 16.8. The number of ether oxygens (including phenoxy) is 2. The Hall–Kier alpha value is -1.64. The van der Waals surface area contributed by atoms with Crippen molar-refractivity contribution in [3.05, 3.63) is 71.3 Å². The molecule has 1 saturated heterocycles. The van der Waals surface area contributed by atoms with Crippen LogP contribution >= 0.6 is 0 Å². The van der Waals surface area contributed by atoms with Crippen molar-refractivity contribution in [1.82, 2.24) is 0 Å². The van der Waals surface area contributed by atoms with Gasteiger partial charge in [0.25, 0.3) is 0 Å². The molecule has 0 amide bonds. The van der Waals surface area contributed by atoms with Crippen molar-refractivity contribution >= 4 is 0 Å². The number of rotatable bonds is 1. The molecule has 2 atom stereocenters. The summed E-state index contributed by atoms with van der Waals surface area (Å²) in [6.07, 6.45) is 2.12. The van der Waals surface area contributed by atoms with Gasteiger partial charge in [0.1, 0.15) is 5.60 Å². The van der Waals surface area contributed by atoms with Crippen LogP contribution in [0, 0.1) is 0 Å². The monoisotopic (exact) mass is 280 g/mol. The summed E-state index contributed by atoms with van der Waals surface area (Å²) in [6.45, 7) is 4.03. The second-order valence-corrected chi connectivity index (χ2v) is 6.41. The summed E-state index contributed by atoms with van der Waals surface area (Å²) in [5.74, 6) is -0.558. The lowest BCUT2D eigenvalue weighted by atomic mass is 9.73. The zero-order valence-corrected chi connectivity index (χ0v) is 12.5. The minimum atomic E-state index is -0.558. The van der Waals surface area contributed by atoms with E-state index in [-0.39, 0.29) is 6.10 Å². The maximum atomic E-state index is 6.53. The van der Waals surface area contributed by atoms with Crippen molar-refractivity contribution in [2.45, 2.75) is 44.2 Å². The molecule has 0 unspecified atom stereocenters. The number of hydrogen-bond donors (Lipinski definition) is 0. The van der Waals surface area contributed by atoms with Gasteiger partial charge < -0.3 is 9.47 Å². The van der Waals surface area contributed by atoms with Crippen LogP contribution < -0.4 is 0 Å². The Morgan fingerprint density at radius 1 is 0.952 bits per heavy atom. The zero-order chi connectivity index (χ0) is 14.5. The second kappa shape index (κ2) is 4.43. The number of aryl methyl sites for hydroxylation is 1. The van der Waals surface area contributed by atoms with E-state index in [0.717, 1.165) is 12.8 Å². The summed E-state index contributed by atoms with van der Waals surface area (Å²) in [4.78, 5) is 0. The molecular formula is C19H20O2. The fourth-order valence-electron chi connectivity index (χ4n) is 3.87. The maximum absolute atomic E-state index is 6.53. The van der Waals surface area contributed by atoms with Gasteiger partial charge in [-0.3, -0.25) is 0 Å². The highest BCUT2D eigenvalue weighted by Gasteiger charge is 2.57. The van der Waals surface area contributed by atoms with E-state index in [2.05, 4.69) is 48.5 Å². The van der Waals surface area contributed by atoms with Crippen molar-refractivity contribution in [3.8, 4) is 0 Å². The van der Waals surface area contributed by atoms with Gasteiger partial charge in [-0.2, -0.15) is 0 Å². The summed E-state index contributed by atoms with van der Waals surface area (Å²) in [6, 6.07) is 19.1. The molecule has 0 N–H and O–H groups in total. The van der Waals surface area contributed by atoms with Crippen LogP contribution in [0.4, 0.5) is 0 Å². The minimum Gasteiger partial charge on any atom is -0.343 e. The van der Waals surface area contributed by atoms with Gasteiger partial charge in [-0.25, -0.2) is 0 Å². The molecule has 0 radical (unpaired) electrons. The molecule has 108 valence electrons. The van der Waals surface area contributed by atoms with Crippen LogP contribution in [-0.2, 0) is 21.5 Å². The van der Waals surface area contributed by atoms with E-state index in [1.807, 2.05) is 19.9 Å². The average molecular weight is 280 g/mol. The highest BCUT2D eigenvalue weighted by Crippen LogP contribution is 2.52. The van der Waals surface area contributed by atoms with Gasteiger partial charge in [-0.05, 0) is 43.4 Å². The molecule has 21 heavy (non-hydrogen) atoms.